The van der Waals surface area contributed by atoms with Gasteiger partial charge in [-0.2, -0.15) is 0 Å². The number of hydrogen-bond acceptors (Lipinski definition) is 4. The lowest BCUT2D eigenvalue weighted by atomic mass is 9.84. The number of amides is 2. The summed E-state index contributed by atoms with van der Waals surface area (Å²) >= 11 is 0. The third-order valence-electron chi connectivity index (χ3n) is 5.75. The van der Waals surface area contributed by atoms with E-state index in [0.29, 0.717) is 0 Å². The quantitative estimate of drug-likeness (QED) is 0.516. The van der Waals surface area contributed by atoms with Crippen molar-refractivity contribution in [3.05, 3.63) is 58.7 Å². The van der Waals surface area contributed by atoms with Gasteiger partial charge in [0.05, 0.1) is 11.8 Å². The Balaban J connectivity index is 2.09. The highest BCUT2D eigenvalue weighted by atomic mass is 16.3. The maximum Gasteiger partial charge on any atom is 0.245 e. The van der Waals surface area contributed by atoms with E-state index in [1.165, 1.54) is 0 Å². The molecule has 2 aromatic carbocycles. The van der Waals surface area contributed by atoms with Crippen LogP contribution in [0.25, 0.3) is 0 Å². The van der Waals surface area contributed by atoms with Gasteiger partial charge in [-0.3, -0.25) is 20.4 Å². The van der Waals surface area contributed by atoms with Gasteiger partial charge in [0.1, 0.15) is 11.5 Å². The van der Waals surface area contributed by atoms with Gasteiger partial charge in [0, 0.05) is 0 Å². The van der Waals surface area contributed by atoms with Crippen LogP contribution in [0.3, 0.4) is 0 Å². The molecule has 0 heterocycles. The minimum Gasteiger partial charge on any atom is -0.508 e. The summed E-state index contributed by atoms with van der Waals surface area (Å²) in [6.07, 6.45) is 0. The van der Waals surface area contributed by atoms with Crippen molar-refractivity contribution in [1.29, 1.82) is 0 Å². The molecule has 2 amide bonds. The molecule has 4 N–H and O–H groups in total. The second kappa shape index (κ2) is 9.23. The van der Waals surface area contributed by atoms with Gasteiger partial charge >= 0.3 is 0 Å². The van der Waals surface area contributed by atoms with Crippen LogP contribution in [0.4, 0.5) is 0 Å². The number of aromatic hydroxyl groups is 2. The van der Waals surface area contributed by atoms with Crippen molar-refractivity contribution in [3.63, 3.8) is 0 Å². The molecular formula is C26H36N2O4. The fourth-order valence-electron chi connectivity index (χ4n) is 3.49. The molecule has 174 valence electrons. The average molecular weight is 441 g/mol. The molecule has 0 aliphatic rings. The number of carbonyl (C=O) groups is 2. The van der Waals surface area contributed by atoms with Gasteiger partial charge in [0.25, 0.3) is 0 Å². The van der Waals surface area contributed by atoms with E-state index in [2.05, 4.69) is 10.9 Å². The molecule has 2 aromatic rings. The number of phenols is 2. The molecule has 2 rings (SSSR count). The Morgan fingerprint density at radius 2 is 1.00 bits per heavy atom. The predicted octanol–water partition coefficient (Wildman–Crippen LogP) is 4.75. The second-order valence-electron chi connectivity index (χ2n) is 10.5. The van der Waals surface area contributed by atoms with Crippen LogP contribution in [-0.4, -0.2) is 22.0 Å². The number of rotatable bonds is 4. The van der Waals surface area contributed by atoms with Crippen LogP contribution >= 0.6 is 0 Å². The first-order valence-electron chi connectivity index (χ1n) is 10.9. The topological polar surface area (TPSA) is 98.7 Å². The van der Waals surface area contributed by atoms with Gasteiger partial charge in [0.15, 0.2) is 0 Å². The van der Waals surface area contributed by atoms with Crippen LogP contribution in [0.1, 0.15) is 89.5 Å². The van der Waals surface area contributed by atoms with Crippen molar-refractivity contribution in [3.8, 4) is 11.5 Å². The van der Waals surface area contributed by atoms with Gasteiger partial charge in [-0.25, -0.2) is 0 Å². The summed E-state index contributed by atoms with van der Waals surface area (Å²) in [6, 6.07) is 10.3. The van der Waals surface area contributed by atoms with Crippen molar-refractivity contribution in [2.45, 2.75) is 78.1 Å². The molecule has 0 fully saturated rings. The Labute approximate surface area is 191 Å². The number of nitrogens with one attached hydrogen (secondary N) is 2. The number of hydrogen-bond donors (Lipinski definition) is 4. The van der Waals surface area contributed by atoms with Crippen molar-refractivity contribution < 1.29 is 19.8 Å². The largest absolute Gasteiger partial charge is 0.508 e. The summed E-state index contributed by atoms with van der Waals surface area (Å²) in [6.45, 7) is 15.5. The van der Waals surface area contributed by atoms with E-state index in [-0.39, 0.29) is 34.1 Å². The van der Waals surface area contributed by atoms with Crippen LogP contribution in [0.2, 0.25) is 0 Å². The van der Waals surface area contributed by atoms with Crippen molar-refractivity contribution in [1.82, 2.24) is 10.9 Å². The molecule has 2 unspecified atom stereocenters. The standard InChI is InChI=1S/C26H36N2O4/c1-15(17-9-11-21(29)19(13-17)25(3,4)5)23(31)27-28-24(32)16(2)18-10-12-22(30)20(14-18)26(6,7)8/h9-16,29-30H,1-8H3,(H,27,31)(H,28,32). The molecule has 6 nitrogen and oxygen atoms in total. The Hall–Kier alpha value is -3.02. The summed E-state index contributed by atoms with van der Waals surface area (Å²) in [5, 5.41) is 20.3. The van der Waals surface area contributed by atoms with E-state index < -0.39 is 11.8 Å². The molecule has 0 radical (unpaired) electrons. The van der Waals surface area contributed by atoms with Crippen LogP contribution in [0.5, 0.6) is 11.5 Å². The highest BCUT2D eigenvalue weighted by molar-refractivity contribution is 5.88. The average Bonchev–Trinajstić information content (AvgIpc) is 2.69. The normalized spacial score (nSPS) is 13.9. The highest BCUT2D eigenvalue weighted by Gasteiger charge is 2.24. The van der Waals surface area contributed by atoms with Crippen LogP contribution in [-0.2, 0) is 20.4 Å². The van der Waals surface area contributed by atoms with Gasteiger partial charge < -0.3 is 10.2 Å². The molecule has 0 aliphatic carbocycles. The zero-order valence-electron chi connectivity index (χ0n) is 20.3. The monoisotopic (exact) mass is 440 g/mol. The summed E-state index contributed by atoms with van der Waals surface area (Å²) in [5.41, 5.74) is 7.50. The fourth-order valence-corrected chi connectivity index (χ4v) is 3.49. The molecule has 2 atom stereocenters. The van der Waals surface area contributed by atoms with E-state index in [4.69, 9.17) is 0 Å². The molecule has 0 aliphatic heterocycles. The third-order valence-corrected chi connectivity index (χ3v) is 5.75. The number of hydrazine groups is 1. The van der Waals surface area contributed by atoms with E-state index in [1.54, 1.807) is 38.1 Å². The van der Waals surface area contributed by atoms with Crippen molar-refractivity contribution >= 4 is 11.8 Å². The minimum atomic E-state index is -0.520. The predicted molar refractivity (Wildman–Crippen MR) is 127 cm³/mol. The lowest BCUT2D eigenvalue weighted by molar-refractivity contribution is -0.130. The Morgan fingerprint density at radius 3 is 1.28 bits per heavy atom. The zero-order chi connectivity index (χ0) is 24.4. The van der Waals surface area contributed by atoms with Crippen molar-refractivity contribution in [2.24, 2.45) is 0 Å². The van der Waals surface area contributed by atoms with Gasteiger partial charge in [-0.15, -0.1) is 0 Å². The van der Waals surface area contributed by atoms with Crippen LogP contribution < -0.4 is 10.9 Å². The maximum absolute atomic E-state index is 12.7. The molecule has 0 aromatic heterocycles. The fraction of sp³-hybridized carbons (Fsp3) is 0.462. The van der Waals surface area contributed by atoms with Crippen LogP contribution in [0.15, 0.2) is 36.4 Å². The first-order valence-corrected chi connectivity index (χ1v) is 10.9. The van der Waals surface area contributed by atoms with E-state index in [0.717, 1.165) is 22.3 Å². The summed E-state index contributed by atoms with van der Waals surface area (Å²) < 4.78 is 0. The van der Waals surface area contributed by atoms with Crippen LogP contribution in [0, 0.1) is 0 Å². The molecule has 0 bridgehead atoms. The Morgan fingerprint density at radius 1 is 0.688 bits per heavy atom. The number of carbonyl (C=O) groups excluding carboxylic acids is 2. The van der Waals surface area contributed by atoms with Gasteiger partial charge in [-0.1, -0.05) is 65.8 Å². The van der Waals surface area contributed by atoms with E-state index in [1.807, 2.05) is 53.7 Å². The summed E-state index contributed by atoms with van der Waals surface area (Å²) in [4.78, 5) is 25.3. The molecule has 0 saturated heterocycles. The van der Waals surface area contributed by atoms with Gasteiger partial charge in [0.2, 0.25) is 11.8 Å². The lowest BCUT2D eigenvalue weighted by Gasteiger charge is -2.23. The smallest absolute Gasteiger partial charge is 0.245 e. The van der Waals surface area contributed by atoms with Gasteiger partial charge in [-0.05, 0) is 59.1 Å². The maximum atomic E-state index is 12.7. The zero-order valence-corrected chi connectivity index (χ0v) is 20.3. The lowest BCUT2D eigenvalue weighted by Crippen LogP contribution is -2.45. The molecule has 32 heavy (non-hydrogen) atoms. The number of phenolic OH excluding ortho intramolecular Hbond substituents is 2. The number of benzene rings is 2. The molecule has 0 saturated carbocycles. The van der Waals surface area contributed by atoms with E-state index in [9.17, 15) is 19.8 Å². The summed E-state index contributed by atoms with van der Waals surface area (Å²) in [7, 11) is 0. The van der Waals surface area contributed by atoms with E-state index >= 15 is 0 Å². The summed E-state index contributed by atoms with van der Waals surface area (Å²) in [5.74, 6) is -1.35. The molecule has 0 spiro atoms. The second-order valence-corrected chi connectivity index (χ2v) is 10.5. The van der Waals surface area contributed by atoms with Crippen molar-refractivity contribution in [2.75, 3.05) is 0 Å². The Kier molecular flexibility index (Phi) is 7.28. The highest BCUT2D eigenvalue weighted by Crippen LogP contribution is 2.34. The molecule has 6 heteroatoms. The third kappa shape index (κ3) is 5.81. The SMILES string of the molecule is CC(C(=O)NNC(=O)C(C)c1ccc(O)c(C(C)(C)C)c1)c1ccc(O)c(C(C)(C)C)c1. The Bertz CT molecular complexity index is 918. The minimum absolute atomic E-state index is 0.194. The molecular weight excluding hydrogens is 404 g/mol. The first-order chi connectivity index (χ1) is 14.6. The first kappa shape index (κ1) is 25.2.